The second-order valence-electron chi connectivity index (χ2n) is 10.4. The Hall–Kier alpha value is -3.67. The molecule has 0 unspecified atom stereocenters. The number of nitrogens with zero attached hydrogens (tertiary/aromatic N) is 3. The molecule has 0 radical (unpaired) electrons. The molecule has 2 N–H and O–H groups in total. The molecule has 1 aromatic heterocycles. The van der Waals surface area contributed by atoms with Gasteiger partial charge < -0.3 is 15.2 Å². The quantitative estimate of drug-likeness (QED) is 0.422. The molecule has 37 heavy (non-hydrogen) atoms. The molecule has 1 fully saturated rings. The number of amidine groups is 1. The van der Waals surface area contributed by atoms with Crippen molar-refractivity contribution in [2.75, 3.05) is 13.1 Å². The number of aromatic nitrogens is 1. The Morgan fingerprint density at radius 3 is 2.49 bits per heavy atom. The first-order valence-corrected chi connectivity index (χ1v) is 13.6. The number of fused-ring (bicyclic) bond motifs is 2. The number of carbonyl (C=O) groups excluding carboxylic acids is 1. The predicted molar refractivity (Wildman–Crippen MR) is 152 cm³/mol. The molecule has 1 aliphatic carbocycles. The fourth-order valence-electron chi connectivity index (χ4n) is 5.33. The first kappa shape index (κ1) is 25.0. The molecule has 0 bridgehead atoms. The summed E-state index contributed by atoms with van der Waals surface area (Å²) >= 11 is 0. The van der Waals surface area contributed by atoms with Gasteiger partial charge in [-0.1, -0.05) is 38.5 Å². The molecule has 5 rings (SSSR count). The zero-order valence-electron chi connectivity index (χ0n) is 21.9. The van der Waals surface area contributed by atoms with Crippen LogP contribution in [0.5, 0.6) is 0 Å². The number of carbonyl (C=O) groups is 1. The minimum atomic E-state index is 0.0382. The summed E-state index contributed by atoms with van der Waals surface area (Å²) in [6, 6.07) is 14.1. The van der Waals surface area contributed by atoms with Crippen molar-refractivity contribution in [3.8, 4) is 11.1 Å². The summed E-state index contributed by atoms with van der Waals surface area (Å²) in [5.74, 6) is 1.11. The van der Waals surface area contributed by atoms with Crippen molar-refractivity contribution < 1.29 is 4.79 Å². The lowest BCUT2D eigenvalue weighted by Gasteiger charge is -2.26. The van der Waals surface area contributed by atoms with Gasteiger partial charge in [0, 0.05) is 48.8 Å². The van der Waals surface area contributed by atoms with E-state index in [1.54, 1.807) is 0 Å². The van der Waals surface area contributed by atoms with E-state index in [1.807, 2.05) is 58.1 Å². The molecule has 3 aromatic rings. The van der Waals surface area contributed by atoms with Crippen molar-refractivity contribution in [2.24, 2.45) is 16.6 Å². The lowest BCUT2D eigenvalue weighted by atomic mass is 9.85. The molecule has 1 aliphatic heterocycles. The average Bonchev–Trinajstić information content (AvgIpc) is 3.04. The fourth-order valence-corrected chi connectivity index (χ4v) is 5.33. The molecule has 6 heteroatoms. The summed E-state index contributed by atoms with van der Waals surface area (Å²) in [5.41, 5.74) is 10.7. The molecular formula is C31H36N4O2. The Labute approximate surface area is 218 Å². The highest BCUT2D eigenvalue weighted by molar-refractivity contribution is 6.05. The molecular weight excluding hydrogens is 460 g/mol. The lowest BCUT2D eigenvalue weighted by Crippen LogP contribution is -2.34. The zero-order valence-corrected chi connectivity index (χ0v) is 21.9. The van der Waals surface area contributed by atoms with Gasteiger partial charge in [-0.15, -0.1) is 0 Å². The maximum absolute atomic E-state index is 13.2. The molecule has 1 saturated carbocycles. The molecule has 6 nitrogen and oxygen atoms in total. The lowest BCUT2D eigenvalue weighted by molar-refractivity contribution is -0.127. The van der Waals surface area contributed by atoms with Crippen LogP contribution in [0.1, 0.15) is 57.9 Å². The minimum absolute atomic E-state index is 0.0382. The number of amides is 1. The van der Waals surface area contributed by atoms with Gasteiger partial charge in [-0.3, -0.25) is 9.59 Å². The molecule has 2 aliphatic rings. The van der Waals surface area contributed by atoms with Crippen molar-refractivity contribution >= 4 is 34.3 Å². The molecule has 192 valence electrons. The predicted octanol–water partition coefficient (Wildman–Crippen LogP) is 5.89. The van der Waals surface area contributed by atoms with E-state index in [1.165, 1.54) is 19.3 Å². The molecule has 0 spiro atoms. The Morgan fingerprint density at radius 2 is 1.78 bits per heavy atom. The summed E-state index contributed by atoms with van der Waals surface area (Å²) in [4.78, 5) is 32.8. The summed E-state index contributed by atoms with van der Waals surface area (Å²) in [6.07, 6.45) is 9.76. The van der Waals surface area contributed by atoms with Gasteiger partial charge in [-0.2, -0.15) is 0 Å². The Balaban J connectivity index is 1.45. The number of hydrogen-bond acceptors (Lipinski definition) is 4. The second-order valence-corrected chi connectivity index (χ2v) is 10.4. The minimum Gasteiger partial charge on any atom is -0.387 e. The Bertz CT molecular complexity index is 1440. The standard InChI is InChI=1S/C31H36N4O2/c1-3-13-34(14-4-2)30(36)26-17-25-9-8-23(18-28(25)33-29(32)19-26)22-10-11-27-24(16-22)12-15-35(31(27)37)20-21-6-5-7-21/h8-12,15-18,21H,3-7,13-14,19-20H2,1-2H3,(H2,32,33). The third-order valence-corrected chi connectivity index (χ3v) is 7.53. The number of pyridine rings is 1. The first-order valence-electron chi connectivity index (χ1n) is 13.6. The molecule has 2 heterocycles. The average molecular weight is 497 g/mol. The van der Waals surface area contributed by atoms with Gasteiger partial charge in [-0.25, -0.2) is 4.99 Å². The Morgan fingerprint density at radius 1 is 1.05 bits per heavy atom. The van der Waals surface area contributed by atoms with Crippen molar-refractivity contribution in [1.29, 1.82) is 0 Å². The van der Waals surface area contributed by atoms with Crippen LogP contribution < -0.4 is 11.3 Å². The van der Waals surface area contributed by atoms with E-state index in [-0.39, 0.29) is 11.5 Å². The number of benzene rings is 2. The van der Waals surface area contributed by atoms with Crippen molar-refractivity contribution in [3.63, 3.8) is 0 Å². The van der Waals surface area contributed by atoms with Crippen LogP contribution in [0.4, 0.5) is 5.69 Å². The largest absolute Gasteiger partial charge is 0.387 e. The highest BCUT2D eigenvalue weighted by atomic mass is 16.2. The van der Waals surface area contributed by atoms with E-state index in [0.29, 0.717) is 23.7 Å². The van der Waals surface area contributed by atoms with Gasteiger partial charge in [0.15, 0.2) is 0 Å². The molecule has 1 amide bonds. The maximum Gasteiger partial charge on any atom is 0.258 e. The summed E-state index contributed by atoms with van der Waals surface area (Å²) in [5, 5.41) is 1.68. The zero-order chi connectivity index (χ0) is 25.9. The highest BCUT2D eigenvalue weighted by Crippen LogP contribution is 2.33. The van der Waals surface area contributed by atoms with Crippen molar-refractivity contribution in [2.45, 2.75) is 58.9 Å². The second kappa shape index (κ2) is 10.8. The fraction of sp³-hybridized carbons (Fsp3) is 0.387. The number of nitrogens with two attached hydrogens (primary N) is 1. The van der Waals surface area contributed by atoms with Gasteiger partial charge in [0.1, 0.15) is 5.84 Å². The van der Waals surface area contributed by atoms with E-state index in [9.17, 15) is 9.59 Å². The van der Waals surface area contributed by atoms with Gasteiger partial charge in [0.2, 0.25) is 5.91 Å². The van der Waals surface area contributed by atoms with Gasteiger partial charge in [-0.05, 0) is 78.5 Å². The topological polar surface area (TPSA) is 80.7 Å². The number of hydrogen-bond donors (Lipinski definition) is 1. The number of rotatable bonds is 8. The van der Waals surface area contributed by atoms with Crippen LogP contribution in [0.3, 0.4) is 0 Å². The summed E-state index contributed by atoms with van der Waals surface area (Å²) in [7, 11) is 0. The first-order chi connectivity index (χ1) is 18.0. The van der Waals surface area contributed by atoms with E-state index < -0.39 is 0 Å². The summed E-state index contributed by atoms with van der Waals surface area (Å²) in [6.45, 7) is 6.46. The van der Waals surface area contributed by atoms with Crippen LogP contribution in [-0.2, 0) is 11.3 Å². The van der Waals surface area contributed by atoms with Crippen molar-refractivity contribution in [3.05, 3.63) is 70.2 Å². The van der Waals surface area contributed by atoms with Gasteiger partial charge in [0.05, 0.1) is 5.69 Å². The SMILES string of the molecule is CCCN(CCC)C(=O)C1=Cc2ccc(-c3ccc4c(=O)n(CC5CCC5)ccc4c3)cc2N=C(N)C1. The molecule has 0 saturated heterocycles. The summed E-state index contributed by atoms with van der Waals surface area (Å²) < 4.78 is 1.86. The van der Waals surface area contributed by atoms with Crippen LogP contribution >= 0.6 is 0 Å². The van der Waals surface area contributed by atoms with E-state index in [0.717, 1.165) is 65.6 Å². The highest BCUT2D eigenvalue weighted by Gasteiger charge is 2.21. The maximum atomic E-state index is 13.2. The van der Waals surface area contributed by atoms with Gasteiger partial charge >= 0.3 is 0 Å². The van der Waals surface area contributed by atoms with E-state index >= 15 is 0 Å². The van der Waals surface area contributed by atoms with Crippen molar-refractivity contribution in [1.82, 2.24) is 9.47 Å². The van der Waals surface area contributed by atoms with Crippen LogP contribution in [-0.4, -0.2) is 34.3 Å². The third-order valence-electron chi connectivity index (χ3n) is 7.53. The van der Waals surface area contributed by atoms with Crippen LogP contribution in [0.15, 0.2) is 64.0 Å². The van der Waals surface area contributed by atoms with E-state index in [4.69, 9.17) is 5.73 Å². The van der Waals surface area contributed by atoms with Gasteiger partial charge in [0.25, 0.3) is 5.56 Å². The Kier molecular flexibility index (Phi) is 7.26. The normalized spacial score (nSPS) is 15.4. The third kappa shape index (κ3) is 5.24. The van der Waals surface area contributed by atoms with Crippen LogP contribution in [0.2, 0.25) is 0 Å². The number of aliphatic imine (C=N–C) groups is 1. The molecule has 2 aromatic carbocycles. The van der Waals surface area contributed by atoms with E-state index in [2.05, 4.69) is 24.9 Å². The smallest absolute Gasteiger partial charge is 0.258 e. The molecule has 0 atom stereocenters. The monoisotopic (exact) mass is 496 g/mol. The van der Waals surface area contributed by atoms with Crippen LogP contribution in [0, 0.1) is 5.92 Å². The van der Waals surface area contributed by atoms with Crippen LogP contribution in [0.25, 0.3) is 28.0 Å².